The summed E-state index contributed by atoms with van der Waals surface area (Å²) >= 11 is 12.0. The minimum absolute atomic E-state index is 0.0105. The van der Waals surface area contributed by atoms with Crippen LogP contribution in [0.15, 0.2) is 91.1 Å². The molecule has 1 amide bonds. The van der Waals surface area contributed by atoms with Crippen LogP contribution in [0.25, 0.3) is 22.3 Å². The summed E-state index contributed by atoms with van der Waals surface area (Å²) in [5.41, 5.74) is 1.24. The zero-order valence-electron chi connectivity index (χ0n) is 36.1. The van der Waals surface area contributed by atoms with Crippen molar-refractivity contribution < 1.29 is 37.7 Å². The Morgan fingerprint density at radius 2 is 1.27 bits per heavy atom. The van der Waals surface area contributed by atoms with Gasteiger partial charge in [-0.3, -0.25) is 14.4 Å². The van der Waals surface area contributed by atoms with Crippen molar-refractivity contribution in [1.82, 2.24) is 20.7 Å². The fraction of sp³-hybridized carbons (Fsp3) is 0.340. The smallest absolute Gasteiger partial charge is 0.326 e. The number of rotatable bonds is 18. The topological polar surface area (TPSA) is 191 Å². The number of amides is 1. The molecule has 3 N–H and O–H groups in total. The summed E-state index contributed by atoms with van der Waals surface area (Å²) in [5, 5.41) is 42.6. The molecular weight excluding hydrogens is 864 g/mol. The van der Waals surface area contributed by atoms with Crippen LogP contribution in [0.3, 0.4) is 0 Å². The number of carbonyl (C=O) groups excluding carboxylic acids is 3. The third-order valence-corrected chi connectivity index (χ3v) is 10.8. The SMILES string of the molecule is CCOC(=O)C(C)(C#N)C[C@@H](Cc1ccc(-c2cc(Cl)ccc2F)cc1)NC(=O)c1cn[nH]n1.CCOC(=O)C(C)(C#N)C[C@H](CB(C)O)Cc1ccc(-c2cc(Cl)ccc2F)cc1. The van der Waals surface area contributed by atoms with Gasteiger partial charge < -0.3 is 19.8 Å². The number of hydrogen-bond donors (Lipinski definition) is 3. The van der Waals surface area contributed by atoms with E-state index in [1.54, 1.807) is 64.0 Å². The van der Waals surface area contributed by atoms with Crippen molar-refractivity contribution in [3.63, 3.8) is 0 Å². The van der Waals surface area contributed by atoms with Crippen molar-refractivity contribution in [3.05, 3.63) is 130 Å². The van der Waals surface area contributed by atoms with Crippen LogP contribution < -0.4 is 5.32 Å². The lowest BCUT2D eigenvalue weighted by molar-refractivity contribution is -0.152. The van der Waals surface area contributed by atoms with Crippen LogP contribution in [0.1, 0.15) is 62.2 Å². The molecule has 2 unspecified atom stereocenters. The van der Waals surface area contributed by atoms with E-state index in [9.17, 15) is 38.7 Å². The number of carbonyl (C=O) groups is 3. The molecule has 334 valence electrons. The first-order valence-electron chi connectivity index (χ1n) is 20.5. The van der Waals surface area contributed by atoms with Crippen LogP contribution in [0.5, 0.6) is 0 Å². The Hall–Kier alpha value is -6.13. The van der Waals surface area contributed by atoms with Crippen molar-refractivity contribution in [2.75, 3.05) is 13.2 Å². The molecule has 5 aromatic rings. The lowest BCUT2D eigenvalue weighted by Gasteiger charge is -2.26. The van der Waals surface area contributed by atoms with E-state index in [2.05, 4.69) is 26.8 Å². The standard InChI is InChI=1S/C24H23ClFN5O3.C23H26BClFNO3/c1-3-34-23(33)24(2,14-27)12-18(29-22(32)21-13-28-31-30-21)10-15-4-6-16(7-5-15)19-11-17(25)8-9-20(19)26;1-4-30-22(28)23(2,15-27)13-17(14-24(3)29)11-16-5-7-18(8-6-16)20-12-19(25)9-10-21(20)26/h4-9,11,13,18H,3,10,12H2,1-2H3,(H,29,32)(H,28,30,31);5-10,12,17,29H,4,11,13-14H2,1-3H3/t18-,24?;17-,23?/m11/s1. The highest BCUT2D eigenvalue weighted by atomic mass is 35.5. The Kier molecular flexibility index (Phi) is 18.6. The van der Waals surface area contributed by atoms with E-state index in [4.69, 9.17) is 32.7 Å². The number of halogens is 4. The van der Waals surface area contributed by atoms with E-state index in [1.807, 2.05) is 30.3 Å². The van der Waals surface area contributed by atoms with Gasteiger partial charge in [0.05, 0.1) is 31.5 Å². The quantitative estimate of drug-likeness (QED) is 0.0564. The number of nitriles is 2. The molecule has 0 saturated carbocycles. The monoisotopic (exact) mass is 912 g/mol. The summed E-state index contributed by atoms with van der Waals surface area (Å²) in [6, 6.07) is 26.7. The fourth-order valence-electron chi connectivity index (χ4n) is 7.16. The van der Waals surface area contributed by atoms with Crippen LogP contribution in [0.2, 0.25) is 23.2 Å². The lowest BCUT2D eigenvalue weighted by atomic mass is 9.60. The van der Waals surface area contributed by atoms with Gasteiger partial charge in [0, 0.05) is 27.2 Å². The van der Waals surface area contributed by atoms with Gasteiger partial charge in [-0.15, -0.1) is 0 Å². The number of H-pyrrole nitrogens is 1. The average molecular weight is 914 g/mol. The van der Waals surface area contributed by atoms with E-state index in [1.165, 1.54) is 37.4 Å². The normalized spacial score (nSPS) is 13.6. The first-order chi connectivity index (χ1) is 30.4. The Balaban J connectivity index is 0.000000283. The van der Waals surface area contributed by atoms with Crippen LogP contribution in [0.4, 0.5) is 8.78 Å². The summed E-state index contributed by atoms with van der Waals surface area (Å²) in [7, 11) is 0. The Morgan fingerprint density at radius 1 is 0.797 bits per heavy atom. The predicted molar refractivity (Wildman–Crippen MR) is 241 cm³/mol. The zero-order valence-corrected chi connectivity index (χ0v) is 37.6. The number of hydrogen-bond acceptors (Lipinski definition) is 10. The van der Waals surface area contributed by atoms with Crippen molar-refractivity contribution >= 4 is 48.0 Å². The third kappa shape index (κ3) is 14.2. The average Bonchev–Trinajstić information content (AvgIpc) is 3.82. The number of benzene rings is 4. The molecule has 1 heterocycles. The number of aromatic amines is 1. The maximum Gasteiger partial charge on any atom is 0.326 e. The highest BCUT2D eigenvalue weighted by Gasteiger charge is 2.39. The summed E-state index contributed by atoms with van der Waals surface area (Å²) in [5.74, 6) is -2.55. The van der Waals surface area contributed by atoms with Gasteiger partial charge in [0.15, 0.2) is 16.5 Å². The zero-order chi connectivity index (χ0) is 47.0. The molecule has 0 saturated heterocycles. The maximum absolute atomic E-state index is 14.2. The molecule has 0 fully saturated rings. The molecule has 5 rings (SSSR count). The molecule has 4 atom stereocenters. The largest absolute Gasteiger partial charge is 0.465 e. The van der Waals surface area contributed by atoms with Crippen LogP contribution >= 0.6 is 23.2 Å². The van der Waals surface area contributed by atoms with E-state index in [0.717, 1.165) is 11.1 Å². The fourth-order valence-corrected chi connectivity index (χ4v) is 7.51. The number of nitrogens with one attached hydrogen (secondary N) is 2. The highest BCUT2D eigenvalue weighted by Crippen LogP contribution is 2.34. The number of ether oxygens (including phenoxy) is 2. The van der Waals surface area contributed by atoms with Gasteiger partial charge in [-0.2, -0.15) is 25.9 Å². The Morgan fingerprint density at radius 3 is 1.69 bits per heavy atom. The van der Waals surface area contributed by atoms with Gasteiger partial charge in [-0.1, -0.05) is 78.6 Å². The molecule has 64 heavy (non-hydrogen) atoms. The van der Waals surface area contributed by atoms with Gasteiger partial charge in [-0.25, -0.2) is 8.78 Å². The van der Waals surface area contributed by atoms with Crippen molar-refractivity contribution in [2.24, 2.45) is 16.7 Å². The number of aromatic nitrogens is 3. The number of nitrogens with zero attached hydrogens (tertiary/aromatic N) is 4. The molecule has 0 aliphatic heterocycles. The third-order valence-electron chi connectivity index (χ3n) is 10.3. The first kappa shape index (κ1) is 50.5. The van der Waals surface area contributed by atoms with Crippen LogP contribution in [-0.2, 0) is 31.9 Å². The van der Waals surface area contributed by atoms with Gasteiger partial charge in [-0.05, 0) is 124 Å². The van der Waals surface area contributed by atoms with Crippen LogP contribution in [0, 0.1) is 51.0 Å². The van der Waals surface area contributed by atoms with Gasteiger partial charge in [0.1, 0.15) is 11.6 Å². The van der Waals surface area contributed by atoms with Crippen molar-refractivity contribution in [3.8, 4) is 34.4 Å². The molecule has 17 heteroatoms. The molecule has 0 radical (unpaired) electrons. The van der Waals surface area contributed by atoms with Gasteiger partial charge in [0.2, 0.25) is 0 Å². The summed E-state index contributed by atoms with van der Waals surface area (Å²) in [6.07, 6.45) is 2.88. The molecule has 0 bridgehead atoms. The van der Waals surface area contributed by atoms with E-state index >= 15 is 0 Å². The van der Waals surface area contributed by atoms with Crippen molar-refractivity contribution in [1.29, 1.82) is 10.5 Å². The van der Waals surface area contributed by atoms with E-state index in [-0.39, 0.29) is 43.5 Å². The first-order valence-corrected chi connectivity index (χ1v) is 21.3. The van der Waals surface area contributed by atoms with E-state index < -0.39 is 47.5 Å². The summed E-state index contributed by atoms with van der Waals surface area (Å²) in [4.78, 5) is 37.3. The minimum atomic E-state index is -1.47. The molecule has 1 aromatic heterocycles. The van der Waals surface area contributed by atoms with Gasteiger partial charge >= 0.3 is 11.9 Å². The summed E-state index contributed by atoms with van der Waals surface area (Å²) in [6.45, 7) is 7.87. The molecule has 0 aliphatic carbocycles. The second kappa shape index (κ2) is 23.5. The minimum Gasteiger partial charge on any atom is -0.465 e. The second-order valence-electron chi connectivity index (χ2n) is 15.8. The number of esters is 2. The molecule has 0 aliphatic rings. The molecule has 0 spiro atoms. The second-order valence-corrected chi connectivity index (χ2v) is 16.6. The predicted octanol–water partition coefficient (Wildman–Crippen LogP) is 9.49. The van der Waals surface area contributed by atoms with Crippen LogP contribution in [-0.4, -0.2) is 64.5 Å². The molecule has 12 nitrogen and oxygen atoms in total. The van der Waals surface area contributed by atoms with Gasteiger partial charge in [0.25, 0.3) is 12.8 Å². The maximum atomic E-state index is 14.2. The summed E-state index contributed by atoms with van der Waals surface area (Å²) < 4.78 is 38.5. The Labute approximate surface area is 382 Å². The lowest BCUT2D eigenvalue weighted by Crippen LogP contribution is -2.42. The molecule has 4 aromatic carbocycles. The Bertz CT molecular complexity index is 2450. The highest BCUT2D eigenvalue weighted by molar-refractivity contribution is 6.48. The van der Waals surface area contributed by atoms with Crippen molar-refractivity contribution in [2.45, 2.75) is 72.6 Å². The van der Waals surface area contributed by atoms with E-state index in [0.29, 0.717) is 51.5 Å². The molecular formula is C47H49BCl2F2N6O6.